The lowest BCUT2D eigenvalue weighted by atomic mass is 9.95. The zero-order valence-electron chi connectivity index (χ0n) is 13.6. The highest BCUT2D eigenvalue weighted by Gasteiger charge is 2.30. The van der Waals surface area contributed by atoms with Gasteiger partial charge in [0.25, 0.3) is 0 Å². The van der Waals surface area contributed by atoms with Gasteiger partial charge in [-0.3, -0.25) is 4.90 Å². The molecule has 0 radical (unpaired) electrons. The summed E-state index contributed by atoms with van der Waals surface area (Å²) in [6, 6.07) is 3.68. The molecule has 3 rings (SSSR count). The Labute approximate surface area is 134 Å². The van der Waals surface area contributed by atoms with Crippen LogP contribution >= 0.6 is 0 Å². The number of aromatic nitrogens is 2. The van der Waals surface area contributed by atoms with Crippen molar-refractivity contribution in [3.63, 3.8) is 0 Å². The highest BCUT2D eigenvalue weighted by atomic mass is 16.5. The Morgan fingerprint density at radius 1 is 1.22 bits per heavy atom. The van der Waals surface area contributed by atoms with Gasteiger partial charge in [0, 0.05) is 30.6 Å². The predicted molar refractivity (Wildman–Crippen MR) is 82.3 cm³/mol. The molecular weight excluding hydrogens is 298 g/mol. The van der Waals surface area contributed by atoms with Crippen molar-refractivity contribution in [3.05, 3.63) is 35.0 Å². The number of rotatable bonds is 5. The summed E-state index contributed by atoms with van der Waals surface area (Å²) < 4.78 is 16.4. The van der Waals surface area contributed by atoms with Crippen LogP contribution in [0.1, 0.15) is 35.9 Å². The molecule has 0 saturated heterocycles. The zero-order valence-corrected chi connectivity index (χ0v) is 13.6. The average molecular weight is 319 g/mol. The number of aliphatic hydroxyl groups excluding tert-OH is 1. The van der Waals surface area contributed by atoms with Gasteiger partial charge in [-0.25, -0.2) is 0 Å². The molecule has 23 heavy (non-hydrogen) atoms. The van der Waals surface area contributed by atoms with Gasteiger partial charge in [-0.05, 0) is 12.1 Å². The van der Waals surface area contributed by atoms with E-state index >= 15 is 0 Å². The van der Waals surface area contributed by atoms with Crippen LogP contribution in [-0.4, -0.2) is 41.0 Å². The third-order valence-electron chi connectivity index (χ3n) is 4.03. The molecule has 124 valence electrons. The van der Waals surface area contributed by atoms with Crippen LogP contribution in [0.4, 0.5) is 0 Å². The van der Waals surface area contributed by atoms with Gasteiger partial charge in [-0.1, -0.05) is 6.92 Å². The summed E-state index contributed by atoms with van der Waals surface area (Å²) in [5.74, 6) is 2.60. The maximum atomic E-state index is 10.5. The van der Waals surface area contributed by atoms with Crippen LogP contribution in [0, 0.1) is 0 Å². The van der Waals surface area contributed by atoms with E-state index in [4.69, 9.17) is 13.9 Å². The van der Waals surface area contributed by atoms with Crippen LogP contribution in [0.3, 0.4) is 0 Å². The van der Waals surface area contributed by atoms with E-state index in [0.717, 1.165) is 16.9 Å². The fraction of sp³-hybridized carbons (Fsp3) is 0.500. The molecule has 7 heteroatoms. The normalized spacial score (nSPS) is 17.8. The highest BCUT2D eigenvalue weighted by molar-refractivity contribution is 5.51. The van der Waals surface area contributed by atoms with E-state index < -0.39 is 6.10 Å². The maximum absolute atomic E-state index is 10.5. The number of nitrogens with zero attached hydrogens (tertiary/aromatic N) is 3. The van der Waals surface area contributed by atoms with Crippen molar-refractivity contribution in [2.45, 2.75) is 32.5 Å². The van der Waals surface area contributed by atoms with E-state index in [0.29, 0.717) is 43.6 Å². The molecule has 1 aromatic heterocycles. The van der Waals surface area contributed by atoms with Crippen LogP contribution in [0.15, 0.2) is 16.5 Å². The van der Waals surface area contributed by atoms with Crippen molar-refractivity contribution in [2.75, 3.05) is 20.8 Å². The molecule has 0 spiro atoms. The first kappa shape index (κ1) is 15.8. The van der Waals surface area contributed by atoms with E-state index in [1.165, 1.54) is 0 Å². The topological polar surface area (TPSA) is 80.9 Å². The van der Waals surface area contributed by atoms with Gasteiger partial charge in [0.1, 0.15) is 11.5 Å². The van der Waals surface area contributed by atoms with E-state index in [1.807, 2.05) is 19.1 Å². The van der Waals surface area contributed by atoms with Crippen LogP contribution in [0.5, 0.6) is 11.5 Å². The highest BCUT2D eigenvalue weighted by Crippen LogP contribution is 2.39. The summed E-state index contributed by atoms with van der Waals surface area (Å²) in [6.45, 7) is 3.55. The van der Waals surface area contributed by atoms with Gasteiger partial charge < -0.3 is 19.0 Å². The molecule has 0 aliphatic carbocycles. The first-order chi connectivity index (χ1) is 11.2. The number of methoxy groups -OCH3 is 2. The SMILES string of the molecule is CCc1nnc(CN2Cc3c(OC)ccc(OC)c3C(O)C2)o1. The standard InChI is InChI=1S/C16H21N3O4/c1-4-14-17-18-15(23-14)9-19-7-10-12(21-2)5-6-13(22-3)16(10)11(20)8-19/h5-6,11,20H,4,7-9H2,1-3H3. The third kappa shape index (κ3) is 3.02. The van der Waals surface area contributed by atoms with Crippen molar-refractivity contribution >= 4 is 0 Å². The van der Waals surface area contributed by atoms with Crippen LogP contribution in [0.25, 0.3) is 0 Å². The van der Waals surface area contributed by atoms with Gasteiger partial charge in [-0.2, -0.15) is 0 Å². The zero-order chi connectivity index (χ0) is 16.4. The number of hydrogen-bond donors (Lipinski definition) is 1. The first-order valence-electron chi connectivity index (χ1n) is 7.61. The van der Waals surface area contributed by atoms with Gasteiger partial charge in [0.2, 0.25) is 11.8 Å². The second-order valence-corrected chi connectivity index (χ2v) is 5.49. The van der Waals surface area contributed by atoms with Crippen LogP contribution in [-0.2, 0) is 19.5 Å². The van der Waals surface area contributed by atoms with Gasteiger partial charge in [0.05, 0.1) is 26.9 Å². The molecule has 2 aromatic rings. The Bertz CT molecular complexity index is 686. The van der Waals surface area contributed by atoms with E-state index in [2.05, 4.69) is 15.1 Å². The van der Waals surface area contributed by atoms with E-state index in [1.54, 1.807) is 14.2 Å². The van der Waals surface area contributed by atoms with Gasteiger partial charge in [-0.15, -0.1) is 10.2 Å². The summed E-state index contributed by atoms with van der Waals surface area (Å²) in [7, 11) is 3.23. The molecule has 0 bridgehead atoms. The Morgan fingerprint density at radius 3 is 2.57 bits per heavy atom. The molecular formula is C16H21N3O4. The summed E-state index contributed by atoms with van der Waals surface area (Å²) >= 11 is 0. The lowest BCUT2D eigenvalue weighted by molar-refractivity contribution is 0.0790. The summed E-state index contributed by atoms with van der Waals surface area (Å²) in [5.41, 5.74) is 1.73. The van der Waals surface area contributed by atoms with Crippen molar-refractivity contribution in [1.29, 1.82) is 0 Å². The number of aliphatic hydroxyl groups is 1. The molecule has 0 saturated carbocycles. The van der Waals surface area contributed by atoms with Crippen molar-refractivity contribution in [2.24, 2.45) is 0 Å². The van der Waals surface area contributed by atoms with Crippen molar-refractivity contribution < 1.29 is 19.0 Å². The first-order valence-corrected chi connectivity index (χ1v) is 7.61. The summed E-state index contributed by atoms with van der Waals surface area (Å²) in [5, 5.41) is 18.6. The number of benzene rings is 1. The van der Waals surface area contributed by atoms with E-state index in [-0.39, 0.29) is 0 Å². The molecule has 1 atom stereocenters. The number of hydrogen-bond acceptors (Lipinski definition) is 7. The Morgan fingerprint density at radius 2 is 1.91 bits per heavy atom. The Hall–Kier alpha value is -2.12. The Kier molecular flexibility index (Phi) is 4.49. The minimum absolute atomic E-state index is 0.473. The minimum atomic E-state index is -0.655. The molecule has 2 heterocycles. The molecule has 0 fully saturated rings. The predicted octanol–water partition coefficient (Wildman–Crippen LogP) is 1.70. The number of fused-ring (bicyclic) bond motifs is 1. The maximum Gasteiger partial charge on any atom is 0.230 e. The average Bonchev–Trinajstić information content (AvgIpc) is 3.01. The molecule has 1 N–H and O–H groups in total. The molecule has 1 aromatic carbocycles. The third-order valence-corrected chi connectivity index (χ3v) is 4.03. The molecule has 7 nitrogen and oxygen atoms in total. The van der Waals surface area contributed by atoms with E-state index in [9.17, 15) is 5.11 Å². The van der Waals surface area contributed by atoms with Crippen LogP contribution in [0.2, 0.25) is 0 Å². The lowest BCUT2D eigenvalue weighted by Gasteiger charge is -2.33. The second-order valence-electron chi connectivity index (χ2n) is 5.49. The summed E-state index contributed by atoms with van der Waals surface area (Å²) in [6.07, 6.45) is 0.0566. The van der Waals surface area contributed by atoms with Crippen molar-refractivity contribution in [1.82, 2.24) is 15.1 Å². The minimum Gasteiger partial charge on any atom is -0.496 e. The summed E-state index contributed by atoms with van der Waals surface area (Å²) in [4.78, 5) is 2.06. The van der Waals surface area contributed by atoms with Gasteiger partial charge >= 0.3 is 0 Å². The number of β-amino-alcohol motifs (C(OH)–C–C–N with tert-alkyl or cyclic N) is 1. The lowest BCUT2D eigenvalue weighted by Crippen LogP contribution is -2.33. The quantitative estimate of drug-likeness (QED) is 0.898. The number of aryl methyl sites for hydroxylation is 1. The second kappa shape index (κ2) is 6.55. The fourth-order valence-electron chi connectivity index (χ4n) is 2.95. The molecule has 1 aliphatic heterocycles. The molecule has 1 aliphatic rings. The molecule has 0 amide bonds. The Balaban J connectivity index is 1.87. The monoisotopic (exact) mass is 319 g/mol. The smallest absolute Gasteiger partial charge is 0.230 e. The fourth-order valence-corrected chi connectivity index (χ4v) is 2.95. The van der Waals surface area contributed by atoms with Crippen LogP contribution < -0.4 is 9.47 Å². The number of ether oxygens (including phenoxy) is 2. The van der Waals surface area contributed by atoms with Gasteiger partial charge in [0.15, 0.2) is 0 Å². The largest absolute Gasteiger partial charge is 0.496 e. The molecule has 1 unspecified atom stereocenters. The van der Waals surface area contributed by atoms with Crippen molar-refractivity contribution in [3.8, 4) is 11.5 Å².